The number of phenolic OH excluding ortho intramolecular Hbond substituents is 1. The Labute approximate surface area is 123 Å². The summed E-state index contributed by atoms with van der Waals surface area (Å²) in [7, 11) is 3.12. The van der Waals surface area contributed by atoms with E-state index in [1.807, 2.05) is 25.1 Å². The second kappa shape index (κ2) is 6.26. The van der Waals surface area contributed by atoms with E-state index in [0.717, 1.165) is 11.4 Å². The van der Waals surface area contributed by atoms with E-state index in [1.54, 1.807) is 25.2 Å². The Morgan fingerprint density at radius 3 is 2.67 bits per heavy atom. The summed E-state index contributed by atoms with van der Waals surface area (Å²) in [6, 6.07) is 10.5. The van der Waals surface area contributed by atoms with E-state index in [-0.39, 0.29) is 23.0 Å². The van der Waals surface area contributed by atoms with Crippen LogP contribution in [0.3, 0.4) is 0 Å². The lowest BCUT2D eigenvalue weighted by molar-refractivity contribution is 0.0779. The first-order chi connectivity index (χ1) is 10.0. The van der Waals surface area contributed by atoms with Crippen molar-refractivity contribution in [3.05, 3.63) is 53.3 Å². The minimum Gasteiger partial charge on any atom is -0.504 e. The molecule has 2 aromatic rings. The van der Waals surface area contributed by atoms with Crippen molar-refractivity contribution < 1.29 is 14.6 Å². The van der Waals surface area contributed by atoms with Gasteiger partial charge in [0.15, 0.2) is 11.5 Å². The summed E-state index contributed by atoms with van der Waals surface area (Å²) < 4.78 is 5.02. The number of hydrogen-bond acceptors (Lipinski definition) is 4. The standard InChI is InChI=1S/C16H18N2O3/c1-11-6-4-7-12(17-11)10-18(2)16(20)13-8-5-9-14(21-3)15(13)19/h4-9,19H,10H2,1-3H3. The van der Waals surface area contributed by atoms with E-state index in [4.69, 9.17) is 4.74 Å². The van der Waals surface area contributed by atoms with Crippen LogP contribution in [0.15, 0.2) is 36.4 Å². The number of amides is 1. The number of carbonyl (C=O) groups is 1. The Bertz CT molecular complexity index is 656. The number of ether oxygens (including phenoxy) is 1. The van der Waals surface area contributed by atoms with Crippen LogP contribution in [0.5, 0.6) is 11.5 Å². The number of benzene rings is 1. The zero-order chi connectivity index (χ0) is 15.4. The molecule has 110 valence electrons. The first-order valence-electron chi connectivity index (χ1n) is 6.57. The van der Waals surface area contributed by atoms with Gasteiger partial charge in [0.05, 0.1) is 24.9 Å². The van der Waals surface area contributed by atoms with Crippen LogP contribution in [0, 0.1) is 6.92 Å². The van der Waals surface area contributed by atoms with Gasteiger partial charge in [0.1, 0.15) is 0 Å². The number of hydrogen-bond donors (Lipinski definition) is 1. The number of phenols is 1. The Balaban J connectivity index is 2.20. The summed E-state index contributed by atoms with van der Waals surface area (Å²) in [5.41, 5.74) is 1.91. The number of nitrogens with zero attached hydrogens (tertiary/aromatic N) is 2. The number of aromatic hydroxyl groups is 1. The van der Waals surface area contributed by atoms with Crippen molar-refractivity contribution in [2.24, 2.45) is 0 Å². The molecule has 1 amide bonds. The van der Waals surface area contributed by atoms with E-state index in [2.05, 4.69) is 4.98 Å². The van der Waals surface area contributed by atoms with E-state index in [0.29, 0.717) is 6.54 Å². The number of carbonyl (C=O) groups excluding carboxylic acids is 1. The molecule has 0 aliphatic heterocycles. The molecule has 5 heteroatoms. The molecule has 0 spiro atoms. The fourth-order valence-electron chi connectivity index (χ4n) is 2.07. The third kappa shape index (κ3) is 3.31. The van der Waals surface area contributed by atoms with Gasteiger partial charge in [-0.2, -0.15) is 0 Å². The maximum absolute atomic E-state index is 12.4. The molecule has 0 aliphatic rings. The molecule has 1 heterocycles. The first kappa shape index (κ1) is 14.8. The average Bonchev–Trinajstić information content (AvgIpc) is 2.47. The molecular formula is C16H18N2O3. The van der Waals surface area contributed by atoms with Crippen molar-refractivity contribution in [3.8, 4) is 11.5 Å². The SMILES string of the molecule is COc1cccc(C(=O)N(C)Cc2cccc(C)n2)c1O. The van der Waals surface area contributed by atoms with Crippen LogP contribution >= 0.6 is 0 Å². The molecule has 1 aromatic carbocycles. The maximum Gasteiger partial charge on any atom is 0.257 e. The van der Waals surface area contributed by atoms with Gasteiger partial charge in [-0.3, -0.25) is 9.78 Å². The van der Waals surface area contributed by atoms with Crippen LogP contribution in [0.2, 0.25) is 0 Å². The summed E-state index contributed by atoms with van der Waals surface area (Å²) in [6.45, 7) is 2.27. The van der Waals surface area contributed by atoms with Crippen LogP contribution in [-0.4, -0.2) is 35.1 Å². The molecule has 21 heavy (non-hydrogen) atoms. The van der Waals surface area contributed by atoms with Crippen molar-refractivity contribution in [2.75, 3.05) is 14.2 Å². The summed E-state index contributed by atoms with van der Waals surface area (Å²) in [5.74, 6) is -0.147. The van der Waals surface area contributed by atoms with Crippen LogP contribution < -0.4 is 4.74 Å². The molecule has 0 radical (unpaired) electrons. The molecule has 0 atom stereocenters. The third-order valence-electron chi connectivity index (χ3n) is 3.14. The number of rotatable bonds is 4. The fraction of sp³-hybridized carbons (Fsp3) is 0.250. The molecule has 1 N–H and O–H groups in total. The molecule has 1 aromatic heterocycles. The third-order valence-corrected chi connectivity index (χ3v) is 3.14. The molecule has 0 saturated carbocycles. The Hall–Kier alpha value is -2.56. The van der Waals surface area contributed by atoms with E-state index in [9.17, 15) is 9.90 Å². The van der Waals surface area contributed by atoms with Crippen LogP contribution in [0.25, 0.3) is 0 Å². The zero-order valence-electron chi connectivity index (χ0n) is 12.3. The molecule has 5 nitrogen and oxygen atoms in total. The van der Waals surface area contributed by atoms with Crippen molar-refractivity contribution in [1.29, 1.82) is 0 Å². The normalized spacial score (nSPS) is 10.2. The van der Waals surface area contributed by atoms with Crippen LogP contribution in [-0.2, 0) is 6.54 Å². The van der Waals surface area contributed by atoms with Gasteiger partial charge < -0.3 is 14.7 Å². The number of para-hydroxylation sites is 1. The molecule has 0 saturated heterocycles. The van der Waals surface area contributed by atoms with Crippen molar-refractivity contribution >= 4 is 5.91 Å². The summed E-state index contributed by atoms with van der Waals surface area (Å²) in [4.78, 5) is 18.3. The molecule has 2 rings (SSSR count). The lowest BCUT2D eigenvalue weighted by atomic mass is 10.1. The lowest BCUT2D eigenvalue weighted by Crippen LogP contribution is -2.26. The van der Waals surface area contributed by atoms with E-state index >= 15 is 0 Å². The topological polar surface area (TPSA) is 62.7 Å². The Kier molecular flexibility index (Phi) is 4.42. The summed E-state index contributed by atoms with van der Waals surface area (Å²) in [6.07, 6.45) is 0. The van der Waals surface area contributed by atoms with Crippen molar-refractivity contribution in [1.82, 2.24) is 9.88 Å². The highest BCUT2D eigenvalue weighted by atomic mass is 16.5. The number of pyridine rings is 1. The minimum absolute atomic E-state index is 0.144. The monoisotopic (exact) mass is 286 g/mol. The van der Waals surface area contributed by atoms with Crippen molar-refractivity contribution in [3.63, 3.8) is 0 Å². The molecule has 0 bridgehead atoms. The minimum atomic E-state index is -0.283. The largest absolute Gasteiger partial charge is 0.504 e. The zero-order valence-corrected chi connectivity index (χ0v) is 12.3. The molecule has 0 aliphatic carbocycles. The number of methoxy groups -OCH3 is 1. The van der Waals surface area contributed by atoms with Crippen LogP contribution in [0.1, 0.15) is 21.7 Å². The first-order valence-corrected chi connectivity index (χ1v) is 6.57. The highest BCUT2D eigenvalue weighted by molar-refractivity contribution is 5.97. The van der Waals surface area contributed by atoms with Gasteiger partial charge in [0, 0.05) is 12.7 Å². The van der Waals surface area contributed by atoms with Gasteiger partial charge in [-0.05, 0) is 31.2 Å². The molecule has 0 unspecified atom stereocenters. The summed E-state index contributed by atoms with van der Waals surface area (Å²) in [5, 5.41) is 10.0. The predicted molar refractivity (Wildman–Crippen MR) is 79.4 cm³/mol. The van der Waals surface area contributed by atoms with Gasteiger partial charge >= 0.3 is 0 Å². The Morgan fingerprint density at radius 2 is 2.00 bits per heavy atom. The van der Waals surface area contributed by atoms with E-state index < -0.39 is 0 Å². The van der Waals surface area contributed by atoms with Crippen LogP contribution in [0.4, 0.5) is 0 Å². The number of aromatic nitrogens is 1. The quantitative estimate of drug-likeness (QED) is 0.937. The molecular weight excluding hydrogens is 268 g/mol. The Morgan fingerprint density at radius 1 is 1.29 bits per heavy atom. The van der Waals surface area contributed by atoms with Gasteiger partial charge in [-0.25, -0.2) is 0 Å². The highest BCUT2D eigenvalue weighted by Gasteiger charge is 2.18. The maximum atomic E-state index is 12.4. The highest BCUT2D eigenvalue weighted by Crippen LogP contribution is 2.30. The second-order valence-electron chi connectivity index (χ2n) is 4.79. The summed E-state index contributed by atoms with van der Waals surface area (Å²) >= 11 is 0. The fourth-order valence-corrected chi connectivity index (χ4v) is 2.07. The smallest absolute Gasteiger partial charge is 0.257 e. The predicted octanol–water partition coefficient (Wildman–Crippen LogP) is 2.38. The van der Waals surface area contributed by atoms with Gasteiger partial charge in [0.2, 0.25) is 0 Å². The lowest BCUT2D eigenvalue weighted by Gasteiger charge is -2.18. The van der Waals surface area contributed by atoms with Crippen molar-refractivity contribution in [2.45, 2.75) is 13.5 Å². The second-order valence-corrected chi connectivity index (χ2v) is 4.79. The van der Waals surface area contributed by atoms with Gasteiger partial charge in [-0.1, -0.05) is 12.1 Å². The average molecular weight is 286 g/mol. The van der Waals surface area contributed by atoms with Gasteiger partial charge in [0.25, 0.3) is 5.91 Å². The number of aryl methyl sites for hydroxylation is 1. The van der Waals surface area contributed by atoms with Gasteiger partial charge in [-0.15, -0.1) is 0 Å². The molecule has 0 fully saturated rings. The van der Waals surface area contributed by atoms with E-state index in [1.165, 1.54) is 12.0 Å².